The first-order chi connectivity index (χ1) is 10.4. The highest BCUT2D eigenvalue weighted by atomic mass is 32.1. The molecule has 0 fully saturated rings. The van der Waals surface area contributed by atoms with Crippen LogP contribution in [0.2, 0.25) is 0 Å². The molecule has 2 amide bonds. The number of nitrogens with zero attached hydrogens (tertiary/aromatic N) is 1. The lowest BCUT2D eigenvalue weighted by Crippen LogP contribution is -2.49. The summed E-state index contributed by atoms with van der Waals surface area (Å²) in [5, 5.41) is 5.67. The summed E-state index contributed by atoms with van der Waals surface area (Å²) in [5.74, 6) is 0.319. The first-order valence-corrected chi connectivity index (χ1v) is 8.35. The molecule has 0 aromatic heterocycles. The van der Waals surface area contributed by atoms with E-state index in [2.05, 4.69) is 23.3 Å². The van der Waals surface area contributed by atoms with Crippen LogP contribution in [0.5, 0.6) is 0 Å². The molecule has 0 aromatic carbocycles. The molecule has 22 heavy (non-hydrogen) atoms. The van der Waals surface area contributed by atoms with Crippen molar-refractivity contribution in [1.29, 1.82) is 0 Å². The van der Waals surface area contributed by atoms with Crippen molar-refractivity contribution in [2.75, 3.05) is 32.9 Å². The number of unbranched alkanes of at least 4 members (excludes halogenated alkanes) is 2. The minimum Gasteiger partial charge on any atom is -0.353 e. The van der Waals surface area contributed by atoms with E-state index in [4.69, 9.17) is 0 Å². The summed E-state index contributed by atoms with van der Waals surface area (Å²) in [6.45, 7) is 2.53. The summed E-state index contributed by atoms with van der Waals surface area (Å²) in [5.41, 5.74) is 0. The van der Waals surface area contributed by atoms with Crippen molar-refractivity contribution in [3.05, 3.63) is 0 Å². The number of rotatable bonds is 12. The standard InChI is InChI=1S/C15H29N3O3S/c1-12(19)11-13(15(21)17-9-8-16-2)18(3)14(20)7-5-4-6-10-22/h13,16,22H,4-11H2,1-3H3,(H,17,21). The zero-order chi connectivity index (χ0) is 17.0. The van der Waals surface area contributed by atoms with Crippen LogP contribution in [0.4, 0.5) is 0 Å². The van der Waals surface area contributed by atoms with Crippen molar-refractivity contribution in [3.8, 4) is 0 Å². The lowest BCUT2D eigenvalue weighted by atomic mass is 10.1. The van der Waals surface area contributed by atoms with Crippen LogP contribution in [0.1, 0.15) is 39.0 Å². The van der Waals surface area contributed by atoms with Crippen molar-refractivity contribution in [2.45, 2.75) is 45.1 Å². The number of nitrogens with one attached hydrogen (secondary N) is 2. The number of likely N-dealkylation sites (N-methyl/N-ethyl adjacent to an activating group) is 2. The minimum absolute atomic E-state index is 0.0459. The van der Waals surface area contributed by atoms with E-state index in [9.17, 15) is 14.4 Å². The molecule has 0 saturated carbocycles. The van der Waals surface area contributed by atoms with E-state index in [1.54, 1.807) is 14.1 Å². The lowest BCUT2D eigenvalue weighted by Gasteiger charge is -2.26. The summed E-state index contributed by atoms with van der Waals surface area (Å²) >= 11 is 4.13. The number of hydrogen-bond acceptors (Lipinski definition) is 5. The molecule has 0 rings (SSSR count). The number of ketones is 1. The van der Waals surface area contributed by atoms with Crippen LogP contribution < -0.4 is 10.6 Å². The van der Waals surface area contributed by atoms with Gasteiger partial charge < -0.3 is 15.5 Å². The third kappa shape index (κ3) is 9.04. The molecule has 6 nitrogen and oxygen atoms in total. The molecule has 0 aromatic rings. The Hall–Kier alpha value is -1.08. The van der Waals surface area contributed by atoms with E-state index in [1.165, 1.54) is 11.8 Å². The third-order valence-corrected chi connectivity index (χ3v) is 3.68. The van der Waals surface area contributed by atoms with Gasteiger partial charge in [0.1, 0.15) is 11.8 Å². The largest absolute Gasteiger partial charge is 0.353 e. The lowest BCUT2D eigenvalue weighted by molar-refractivity contribution is -0.140. The number of Topliss-reactive ketones (excluding diaryl/α,β-unsaturated/α-hetero) is 1. The molecule has 0 spiro atoms. The van der Waals surface area contributed by atoms with Gasteiger partial charge in [-0.05, 0) is 32.6 Å². The normalized spacial score (nSPS) is 11.8. The van der Waals surface area contributed by atoms with Gasteiger partial charge in [0.15, 0.2) is 0 Å². The van der Waals surface area contributed by atoms with Crippen LogP contribution in [0.25, 0.3) is 0 Å². The van der Waals surface area contributed by atoms with E-state index in [0.717, 1.165) is 25.0 Å². The Morgan fingerprint density at radius 1 is 1.14 bits per heavy atom. The van der Waals surface area contributed by atoms with E-state index in [0.29, 0.717) is 19.5 Å². The Morgan fingerprint density at radius 2 is 1.82 bits per heavy atom. The molecule has 0 radical (unpaired) electrons. The third-order valence-electron chi connectivity index (χ3n) is 3.37. The number of amides is 2. The highest BCUT2D eigenvalue weighted by Gasteiger charge is 2.27. The van der Waals surface area contributed by atoms with Gasteiger partial charge >= 0.3 is 0 Å². The van der Waals surface area contributed by atoms with E-state index >= 15 is 0 Å². The molecule has 128 valence electrons. The fourth-order valence-electron chi connectivity index (χ4n) is 2.02. The van der Waals surface area contributed by atoms with Crippen molar-refractivity contribution >= 4 is 30.2 Å². The van der Waals surface area contributed by atoms with Gasteiger partial charge in [0.2, 0.25) is 11.8 Å². The molecule has 0 aliphatic rings. The molecule has 1 atom stereocenters. The number of thiol groups is 1. The van der Waals surface area contributed by atoms with Crippen molar-refractivity contribution in [3.63, 3.8) is 0 Å². The number of hydrogen-bond donors (Lipinski definition) is 3. The Bertz CT molecular complexity index is 364. The molecule has 0 aliphatic heterocycles. The van der Waals surface area contributed by atoms with Gasteiger partial charge in [-0.1, -0.05) is 6.42 Å². The van der Waals surface area contributed by atoms with Gasteiger partial charge in [-0.25, -0.2) is 0 Å². The zero-order valence-electron chi connectivity index (χ0n) is 13.9. The maximum atomic E-state index is 12.2. The molecule has 7 heteroatoms. The fraction of sp³-hybridized carbons (Fsp3) is 0.800. The van der Waals surface area contributed by atoms with Crippen LogP contribution in [-0.4, -0.2) is 61.5 Å². The van der Waals surface area contributed by atoms with Crippen LogP contribution in [0.15, 0.2) is 0 Å². The molecule has 0 bridgehead atoms. The molecule has 0 aliphatic carbocycles. The Balaban J connectivity index is 4.54. The summed E-state index contributed by atoms with van der Waals surface area (Å²) in [4.78, 5) is 37.1. The minimum atomic E-state index is -0.730. The Morgan fingerprint density at radius 3 is 2.36 bits per heavy atom. The van der Waals surface area contributed by atoms with E-state index in [1.807, 2.05) is 0 Å². The molecule has 0 heterocycles. The molecule has 0 saturated heterocycles. The van der Waals surface area contributed by atoms with Crippen LogP contribution >= 0.6 is 12.6 Å². The van der Waals surface area contributed by atoms with Crippen LogP contribution in [-0.2, 0) is 14.4 Å². The van der Waals surface area contributed by atoms with Crippen molar-refractivity contribution < 1.29 is 14.4 Å². The van der Waals surface area contributed by atoms with Crippen molar-refractivity contribution in [2.24, 2.45) is 0 Å². The highest BCUT2D eigenvalue weighted by molar-refractivity contribution is 7.80. The van der Waals surface area contributed by atoms with Gasteiger partial charge in [-0.2, -0.15) is 12.6 Å². The monoisotopic (exact) mass is 331 g/mol. The molecular formula is C15H29N3O3S. The highest BCUT2D eigenvalue weighted by Crippen LogP contribution is 2.09. The summed E-state index contributed by atoms with van der Waals surface area (Å²) < 4.78 is 0. The average molecular weight is 331 g/mol. The van der Waals surface area contributed by atoms with E-state index < -0.39 is 6.04 Å². The quantitative estimate of drug-likeness (QED) is 0.362. The SMILES string of the molecule is CNCCNC(=O)C(CC(C)=O)N(C)C(=O)CCCCCS. The van der Waals surface area contributed by atoms with Gasteiger partial charge in [0, 0.05) is 33.0 Å². The smallest absolute Gasteiger partial charge is 0.243 e. The maximum Gasteiger partial charge on any atom is 0.243 e. The Labute approximate surface area is 138 Å². The van der Waals surface area contributed by atoms with Gasteiger partial charge in [-0.3, -0.25) is 14.4 Å². The second-order valence-corrected chi connectivity index (χ2v) is 5.80. The molecular weight excluding hydrogens is 302 g/mol. The second-order valence-electron chi connectivity index (χ2n) is 5.36. The van der Waals surface area contributed by atoms with E-state index in [-0.39, 0.29) is 24.0 Å². The fourth-order valence-corrected chi connectivity index (χ4v) is 2.24. The predicted molar refractivity (Wildman–Crippen MR) is 91.1 cm³/mol. The molecule has 2 N–H and O–H groups in total. The van der Waals surface area contributed by atoms with Gasteiger partial charge in [-0.15, -0.1) is 0 Å². The summed E-state index contributed by atoms with van der Waals surface area (Å²) in [6, 6.07) is -0.730. The summed E-state index contributed by atoms with van der Waals surface area (Å²) in [7, 11) is 3.38. The Kier molecular flexibility index (Phi) is 11.9. The summed E-state index contributed by atoms with van der Waals surface area (Å²) in [6.07, 6.45) is 3.13. The van der Waals surface area contributed by atoms with Gasteiger partial charge in [0.05, 0.1) is 0 Å². The first-order valence-electron chi connectivity index (χ1n) is 7.72. The average Bonchev–Trinajstić information content (AvgIpc) is 2.48. The second kappa shape index (κ2) is 12.5. The van der Waals surface area contributed by atoms with Crippen molar-refractivity contribution in [1.82, 2.24) is 15.5 Å². The van der Waals surface area contributed by atoms with Crippen LogP contribution in [0, 0.1) is 0 Å². The topological polar surface area (TPSA) is 78.5 Å². The first kappa shape index (κ1) is 20.9. The van der Waals surface area contributed by atoms with Crippen LogP contribution in [0.3, 0.4) is 0 Å². The predicted octanol–water partition coefficient (Wildman–Crippen LogP) is 0.618. The van der Waals surface area contributed by atoms with Gasteiger partial charge in [0.25, 0.3) is 0 Å². The molecule has 1 unspecified atom stereocenters. The maximum absolute atomic E-state index is 12.2. The number of carbonyl (C=O) groups is 3. The zero-order valence-corrected chi connectivity index (χ0v) is 14.7. The number of carbonyl (C=O) groups excluding carboxylic acids is 3.